The second-order valence-corrected chi connectivity index (χ2v) is 6.10. The van der Waals surface area contributed by atoms with Crippen molar-refractivity contribution in [2.24, 2.45) is 5.92 Å². The highest BCUT2D eigenvalue weighted by Gasteiger charge is 2.37. The number of ether oxygens (including phenoxy) is 1. The molecule has 1 heterocycles. The van der Waals surface area contributed by atoms with Crippen molar-refractivity contribution in [1.82, 2.24) is 15.1 Å². The van der Waals surface area contributed by atoms with Crippen molar-refractivity contribution in [3.63, 3.8) is 0 Å². The molecule has 2 atom stereocenters. The van der Waals surface area contributed by atoms with Crippen molar-refractivity contribution < 1.29 is 9.53 Å². The van der Waals surface area contributed by atoms with E-state index < -0.39 is 0 Å². The molecule has 2 unspecified atom stereocenters. The summed E-state index contributed by atoms with van der Waals surface area (Å²) in [6, 6.07) is 0.00281. The first-order valence-electron chi connectivity index (χ1n) is 7.73. The fraction of sp³-hybridized carbons (Fsp3) is 0.933. The summed E-state index contributed by atoms with van der Waals surface area (Å²) in [6.45, 7) is 9.79. The average molecular weight is 285 g/mol. The Kier molecular flexibility index (Phi) is 7.48. The highest BCUT2D eigenvalue weighted by Crippen LogP contribution is 2.18. The van der Waals surface area contributed by atoms with E-state index in [1.165, 1.54) is 0 Å². The van der Waals surface area contributed by atoms with E-state index >= 15 is 0 Å². The highest BCUT2D eigenvalue weighted by atomic mass is 16.5. The minimum absolute atomic E-state index is 0.00281. The second-order valence-electron chi connectivity index (χ2n) is 6.10. The summed E-state index contributed by atoms with van der Waals surface area (Å²) in [5, 5.41) is 3.47. The number of amides is 1. The summed E-state index contributed by atoms with van der Waals surface area (Å²) in [7, 11) is 3.79. The number of carbonyl (C=O) groups excluding carboxylic acids is 1. The standard InChI is InChI=1S/C15H31N3O2/c1-6-13-15(19)18(14(16-13)11-12(2)3)8-7-17(4)9-10-20-5/h12-14,16H,6-11H2,1-5H3. The van der Waals surface area contributed by atoms with Crippen LogP contribution in [0.4, 0.5) is 0 Å². The Morgan fingerprint density at radius 2 is 2.10 bits per heavy atom. The van der Waals surface area contributed by atoms with Crippen LogP contribution in [0, 0.1) is 5.92 Å². The van der Waals surface area contributed by atoms with Crippen molar-refractivity contribution in [2.75, 3.05) is 40.4 Å². The lowest BCUT2D eigenvalue weighted by molar-refractivity contribution is -0.130. The lowest BCUT2D eigenvalue weighted by Gasteiger charge is -2.27. The van der Waals surface area contributed by atoms with Gasteiger partial charge in [0.05, 0.1) is 18.8 Å². The van der Waals surface area contributed by atoms with Crippen LogP contribution in [-0.4, -0.2) is 68.3 Å². The number of likely N-dealkylation sites (N-methyl/N-ethyl adjacent to an activating group) is 1. The van der Waals surface area contributed by atoms with E-state index in [-0.39, 0.29) is 18.1 Å². The number of methoxy groups -OCH3 is 1. The lowest BCUT2D eigenvalue weighted by Crippen LogP contribution is -2.42. The second kappa shape index (κ2) is 8.60. The van der Waals surface area contributed by atoms with Gasteiger partial charge in [-0.25, -0.2) is 0 Å². The van der Waals surface area contributed by atoms with Gasteiger partial charge in [-0.15, -0.1) is 0 Å². The minimum Gasteiger partial charge on any atom is -0.383 e. The fourth-order valence-electron chi connectivity index (χ4n) is 2.58. The van der Waals surface area contributed by atoms with Crippen molar-refractivity contribution in [3.05, 3.63) is 0 Å². The fourth-order valence-corrected chi connectivity index (χ4v) is 2.58. The molecule has 1 fully saturated rings. The molecular weight excluding hydrogens is 254 g/mol. The Labute approximate surface area is 123 Å². The zero-order valence-corrected chi connectivity index (χ0v) is 13.7. The van der Waals surface area contributed by atoms with Gasteiger partial charge in [-0.1, -0.05) is 20.8 Å². The zero-order chi connectivity index (χ0) is 15.1. The van der Waals surface area contributed by atoms with Crippen molar-refractivity contribution in [1.29, 1.82) is 0 Å². The van der Waals surface area contributed by atoms with Gasteiger partial charge in [-0.2, -0.15) is 0 Å². The van der Waals surface area contributed by atoms with E-state index in [1.54, 1.807) is 7.11 Å². The highest BCUT2D eigenvalue weighted by molar-refractivity contribution is 5.84. The monoisotopic (exact) mass is 285 g/mol. The molecule has 1 N–H and O–H groups in total. The van der Waals surface area contributed by atoms with Crippen LogP contribution in [0.1, 0.15) is 33.6 Å². The Hall–Kier alpha value is -0.650. The molecule has 1 rings (SSSR count). The molecule has 5 heteroatoms. The first-order valence-corrected chi connectivity index (χ1v) is 7.73. The molecule has 0 aromatic heterocycles. The van der Waals surface area contributed by atoms with E-state index in [4.69, 9.17) is 4.74 Å². The van der Waals surface area contributed by atoms with E-state index in [2.05, 4.69) is 38.0 Å². The molecule has 0 spiro atoms. The third-order valence-electron chi connectivity index (χ3n) is 3.85. The van der Waals surface area contributed by atoms with Gasteiger partial charge in [0.1, 0.15) is 0 Å². The number of hydrogen-bond acceptors (Lipinski definition) is 4. The van der Waals surface area contributed by atoms with Crippen LogP contribution in [0.25, 0.3) is 0 Å². The predicted molar refractivity (Wildman–Crippen MR) is 81.5 cm³/mol. The molecule has 20 heavy (non-hydrogen) atoms. The smallest absolute Gasteiger partial charge is 0.241 e. The van der Waals surface area contributed by atoms with Crippen LogP contribution in [0.3, 0.4) is 0 Å². The minimum atomic E-state index is 0.00281. The summed E-state index contributed by atoms with van der Waals surface area (Å²) in [5.74, 6) is 0.850. The SMILES string of the molecule is CCC1NC(CC(C)C)N(CCN(C)CCOC)C1=O. The van der Waals surface area contributed by atoms with E-state index in [9.17, 15) is 4.79 Å². The zero-order valence-electron chi connectivity index (χ0n) is 13.7. The van der Waals surface area contributed by atoms with Gasteiger partial charge in [0.25, 0.3) is 0 Å². The quantitative estimate of drug-likeness (QED) is 0.690. The number of nitrogens with zero attached hydrogens (tertiary/aromatic N) is 2. The van der Waals surface area contributed by atoms with Crippen LogP contribution < -0.4 is 5.32 Å². The van der Waals surface area contributed by atoms with Gasteiger partial charge in [0.2, 0.25) is 5.91 Å². The third kappa shape index (κ3) is 5.04. The largest absolute Gasteiger partial charge is 0.383 e. The molecule has 5 nitrogen and oxygen atoms in total. The van der Waals surface area contributed by atoms with Gasteiger partial charge >= 0.3 is 0 Å². The molecular formula is C15H31N3O2. The summed E-state index contributed by atoms with van der Waals surface area (Å²) in [6.07, 6.45) is 2.08. The molecule has 118 valence electrons. The number of hydrogen-bond donors (Lipinski definition) is 1. The van der Waals surface area contributed by atoms with Crippen molar-refractivity contribution in [3.8, 4) is 0 Å². The van der Waals surface area contributed by atoms with Crippen LogP contribution in [-0.2, 0) is 9.53 Å². The van der Waals surface area contributed by atoms with Gasteiger partial charge in [0.15, 0.2) is 0 Å². The molecule has 0 aromatic carbocycles. The van der Waals surface area contributed by atoms with E-state index in [1.807, 2.05) is 4.90 Å². The summed E-state index contributed by atoms with van der Waals surface area (Å²) in [4.78, 5) is 16.6. The molecule has 0 saturated carbocycles. The first-order chi connectivity index (χ1) is 9.49. The Morgan fingerprint density at radius 3 is 2.65 bits per heavy atom. The van der Waals surface area contributed by atoms with Crippen LogP contribution >= 0.6 is 0 Å². The predicted octanol–water partition coefficient (Wildman–Crippen LogP) is 1.15. The molecule has 0 radical (unpaired) electrons. The molecule has 0 aromatic rings. The Bertz CT molecular complexity index is 297. The Balaban J connectivity index is 2.51. The number of nitrogens with one attached hydrogen (secondary N) is 1. The van der Waals surface area contributed by atoms with Gasteiger partial charge in [-0.05, 0) is 25.8 Å². The summed E-state index contributed by atoms with van der Waals surface area (Å²) < 4.78 is 5.08. The van der Waals surface area contributed by atoms with Crippen molar-refractivity contribution in [2.45, 2.75) is 45.8 Å². The average Bonchev–Trinajstić information content (AvgIpc) is 2.69. The molecule has 0 aliphatic carbocycles. The Morgan fingerprint density at radius 1 is 1.40 bits per heavy atom. The summed E-state index contributed by atoms with van der Waals surface area (Å²) >= 11 is 0. The molecule has 0 bridgehead atoms. The molecule has 1 aliphatic heterocycles. The maximum Gasteiger partial charge on any atom is 0.241 e. The third-order valence-corrected chi connectivity index (χ3v) is 3.85. The van der Waals surface area contributed by atoms with Crippen LogP contribution in [0.5, 0.6) is 0 Å². The molecule has 1 saturated heterocycles. The maximum absolute atomic E-state index is 12.4. The van der Waals surface area contributed by atoms with E-state index in [0.29, 0.717) is 5.92 Å². The normalized spacial score (nSPS) is 23.4. The lowest BCUT2D eigenvalue weighted by atomic mass is 10.1. The van der Waals surface area contributed by atoms with Crippen LogP contribution in [0.2, 0.25) is 0 Å². The molecule has 1 aliphatic rings. The van der Waals surface area contributed by atoms with Gasteiger partial charge in [0, 0.05) is 26.7 Å². The van der Waals surface area contributed by atoms with Gasteiger partial charge < -0.3 is 14.5 Å². The number of rotatable bonds is 9. The molecule has 1 amide bonds. The number of carbonyl (C=O) groups is 1. The first kappa shape index (κ1) is 17.4. The van der Waals surface area contributed by atoms with Gasteiger partial charge in [-0.3, -0.25) is 10.1 Å². The topological polar surface area (TPSA) is 44.8 Å². The maximum atomic E-state index is 12.4. The van der Waals surface area contributed by atoms with Crippen molar-refractivity contribution >= 4 is 5.91 Å². The van der Waals surface area contributed by atoms with Crippen LogP contribution in [0.15, 0.2) is 0 Å². The summed E-state index contributed by atoms with van der Waals surface area (Å²) in [5.41, 5.74) is 0. The van der Waals surface area contributed by atoms with E-state index in [0.717, 1.165) is 39.1 Å².